The van der Waals surface area contributed by atoms with E-state index in [-0.39, 0.29) is 6.41 Å². The molecule has 0 spiro atoms. The Hall–Kier alpha value is -0.770. The molecule has 0 aliphatic rings. The second kappa shape index (κ2) is 6.67. The lowest BCUT2D eigenvalue weighted by molar-refractivity contribution is -0.147. The van der Waals surface area contributed by atoms with E-state index in [9.17, 15) is 9.90 Å². The van der Waals surface area contributed by atoms with Gasteiger partial charge in [-0.2, -0.15) is 0 Å². The predicted molar refractivity (Wildman–Crippen MR) is 46.3 cm³/mol. The molecule has 0 saturated carbocycles. The standard InChI is InChI=1S/C7H15NO7/c9-1-3(11)4(12)5(13)6(14)7(15)8-2-10/h2-7,9,11-15H,1H2,(H,8,10)/t3-,4-,5+,6-,7?/m1/s1. The van der Waals surface area contributed by atoms with Crippen LogP contribution in [0, 0.1) is 0 Å². The van der Waals surface area contributed by atoms with E-state index in [2.05, 4.69) is 0 Å². The van der Waals surface area contributed by atoms with Crippen LogP contribution in [0.15, 0.2) is 0 Å². The molecule has 0 bridgehead atoms. The third-order valence-electron chi connectivity index (χ3n) is 1.84. The average Bonchev–Trinajstić information content (AvgIpc) is 2.25. The zero-order valence-corrected chi connectivity index (χ0v) is 7.76. The van der Waals surface area contributed by atoms with E-state index in [1.165, 1.54) is 0 Å². The van der Waals surface area contributed by atoms with Crippen molar-refractivity contribution in [1.82, 2.24) is 5.32 Å². The first-order valence-electron chi connectivity index (χ1n) is 4.16. The van der Waals surface area contributed by atoms with Crippen molar-refractivity contribution >= 4 is 6.41 Å². The molecule has 15 heavy (non-hydrogen) atoms. The monoisotopic (exact) mass is 225 g/mol. The molecule has 0 radical (unpaired) electrons. The molecule has 0 aromatic carbocycles. The number of carbonyl (C=O) groups excluding carboxylic acids is 1. The molecule has 8 heteroatoms. The minimum Gasteiger partial charge on any atom is -0.394 e. The molecule has 0 aliphatic heterocycles. The highest BCUT2D eigenvalue weighted by Crippen LogP contribution is 2.06. The van der Waals surface area contributed by atoms with Crippen molar-refractivity contribution in [1.29, 1.82) is 0 Å². The molecule has 0 aromatic rings. The summed E-state index contributed by atoms with van der Waals surface area (Å²) in [7, 11) is 0. The summed E-state index contributed by atoms with van der Waals surface area (Å²) in [6, 6.07) is 0. The maximum absolute atomic E-state index is 9.89. The highest BCUT2D eigenvalue weighted by atomic mass is 16.4. The maximum Gasteiger partial charge on any atom is 0.209 e. The SMILES string of the molecule is O=CNC(O)[C@H](O)[C@@H](O)[C@H](O)[C@H](O)CO. The van der Waals surface area contributed by atoms with Crippen LogP contribution in [-0.4, -0.2) is 74.3 Å². The van der Waals surface area contributed by atoms with E-state index in [1.807, 2.05) is 0 Å². The summed E-state index contributed by atoms with van der Waals surface area (Å²) >= 11 is 0. The predicted octanol–water partition coefficient (Wildman–Crippen LogP) is -4.51. The van der Waals surface area contributed by atoms with Gasteiger partial charge in [0.1, 0.15) is 24.4 Å². The van der Waals surface area contributed by atoms with Gasteiger partial charge in [0.05, 0.1) is 6.61 Å². The van der Waals surface area contributed by atoms with Crippen molar-refractivity contribution < 1.29 is 35.4 Å². The summed E-state index contributed by atoms with van der Waals surface area (Å²) in [5, 5.41) is 55.6. The molecular formula is C7H15NO7. The van der Waals surface area contributed by atoms with E-state index in [4.69, 9.17) is 25.5 Å². The van der Waals surface area contributed by atoms with Gasteiger partial charge in [0.2, 0.25) is 6.41 Å². The quantitative estimate of drug-likeness (QED) is 0.170. The van der Waals surface area contributed by atoms with Gasteiger partial charge >= 0.3 is 0 Å². The first kappa shape index (κ1) is 14.2. The molecule has 1 amide bonds. The minimum atomic E-state index is -1.91. The van der Waals surface area contributed by atoms with Crippen LogP contribution in [0.4, 0.5) is 0 Å². The van der Waals surface area contributed by atoms with Gasteiger partial charge in [-0.1, -0.05) is 0 Å². The second-order valence-electron chi connectivity index (χ2n) is 2.95. The Balaban J connectivity index is 4.28. The van der Waals surface area contributed by atoms with Crippen molar-refractivity contribution in [2.45, 2.75) is 30.6 Å². The highest BCUT2D eigenvalue weighted by Gasteiger charge is 2.33. The van der Waals surface area contributed by atoms with Gasteiger partial charge in [-0.3, -0.25) is 4.79 Å². The fourth-order valence-corrected chi connectivity index (χ4v) is 0.893. The van der Waals surface area contributed by atoms with Gasteiger partial charge in [-0.05, 0) is 0 Å². The van der Waals surface area contributed by atoms with Gasteiger partial charge in [0, 0.05) is 0 Å². The van der Waals surface area contributed by atoms with Crippen LogP contribution >= 0.6 is 0 Å². The van der Waals surface area contributed by atoms with Crippen molar-refractivity contribution in [3.05, 3.63) is 0 Å². The molecule has 7 N–H and O–H groups in total. The van der Waals surface area contributed by atoms with Crippen LogP contribution < -0.4 is 5.32 Å². The van der Waals surface area contributed by atoms with Crippen LogP contribution in [0.1, 0.15) is 0 Å². The van der Waals surface area contributed by atoms with Crippen LogP contribution in [0.2, 0.25) is 0 Å². The number of rotatable bonds is 7. The van der Waals surface area contributed by atoms with E-state index < -0.39 is 37.3 Å². The number of hydrogen-bond acceptors (Lipinski definition) is 7. The highest BCUT2D eigenvalue weighted by molar-refractivity contribution is 5.46. The van der Waals surface area contributed by atoms with Crippen LogP contribution in [-0.2, 0) is 4.79 Å². The summed E-state index contributed by atoms with van der Waals surface area (Å²) in [5.74, 6) is 0. The maximum atomic E-state index is 9.89. The lowest BCUT2D eigenvalue weighted by atomic mass is 10.0. The fourth-order valence-electron chi connectivity index (χ4n) is 0.893. The lowest BCUT2D eigenvalue weighted by Gasteiger charge is -2.27. The molecule has 0 fully saturated rings. The fraction of sp³-hybridized carbons (Fsp3) is 0.857. The number of nitrogens with one attached hydrogen (secondary N) is 1. The average molecular weight is 225 g/mol. The van der Waals surface area contributed by atoms with Crippen molar-refractivity contribution in [3.8, 4) is 0 Å². The zero-order valence-electron chi connectivity index (χ0n) is 7.76. The first-order valence-corrected chi connectivity index (χ1v) is 4.16. The van der Waals surface area contributed by atoms with Crippen molar-refractivity contribution in [3.63, 3.8) is 0 Å². The molecule has 1 unspecified atom stereocenters. The third kappa shape index (κ3) is 4.08. The van der Waals surface area contributed by atoms with Gasteiger partial charge < -0.3 is 36.0 Å². The minimum absolute atomic E-state index is 0.0927. The van der Waals surface area contributed by atoms with Crippen molar-refractivity contribution in [2.75, 3.05) is 6.61 Å². The number of aliphatic hydroxyl groups is 6. The molecular weight excluding hydrogens is 210 g/mol. The first-order chi connectivity index (χ1) is 6.95. The number of amides is 1. The normalized spacial score (nSPS) is 21.2. The third-order valence-corrected chi connectivity index (χ3v) is 1.84. The Morgan fingerprint density at radius 3 is 1.93 bits per heavy atom. The number of hydrogen-bond donors (Lipinski definition) is 7. The zero-order chi connectivity index (χ0) is 12.0. The summed E-state index contributed by atoms with van der Waals surface area (Å²) < 4.78 is 0. The van der Waals surface area contributed by atoms with Crippen LogP contribution in [0.25, 0.3) is 0 Å². The molecule has 90 valence electrons. The van der Waals surface area contributed by atoms with E-state index in [0.29, 0.717) is 0 Å². The Morgan fingerprint density at radius 2 is 1.53 bits per heavy atom. The second-order valence-corrected chi connectivity index (χ2v) is 2.95. The summed E-state index contributed by atoms with van der Waals surface area (Å²) in [5.41, 5.74) is 0. The van der Waals surface area contributed by atoms with Gasteiger partial charge in [-0.25, -0.2) is 0 Å². The Labute approximate surface area is 85.4 Å². The van der Waals surface area contributed by atoms with Crippen LogP contribution in [0.5, 0.6) is 0 Å². The van der Waals surface area contributed by atoms with E-state index in [1.54, 1.807) is 5.32 Å². The van der Waals surface area contributed by atoms with Gasteiger partial charge in [0.25, 0.3) is 0 Å². The largest absolute Gasteiger partial charge is 0.394 e. The van der Waals surface area contributed by atoms with Gasteiger partial charge in [0.15, 0.2) is 6.23 Å². The summed E-state index contributed by atoms with van der Waals surface area (Å²) in [4.78, 5) is 9.89. The lowest BCUT2D eigenvalue weighted by Crippen LogP contribution is -2.53. The number of carbonyl (C=O) groups is 1. The molecule has 0 aromatic heterocycles. The molecule has 0 heterocycles. The number of aliphatic hydroxyl groups excluding tert-OH is 6. The van der Waals surface area contributed by atoms with Crippen LogP contribution in [0.3, 0.4) is 0 Å². The Kier molecular flexibility index (Phi) is 6.32. The molecule has 0 rings (SSSR count). The smallest absolute Gasteiger partial charge is 0.209 e. The van der Waals surface area contributed by atoms with Crippen molar-refractivity contribution in [2.24, 2.45) is 0 Å². The molecule has 0 saturated heterocycles. The van der Waals surface area contributed by atoms with E-state index in [0.717, 1.165) is 0 Å². The Morgan fingerprint density at radius 1 is 1.00 bits per heavy atom. The topological polar surface area (TPSA) is 150 Å². The van der Waals surface area contributed by atoms with E-state index >= 15 is 0 Å². The molecule has 5 atom stereocenters. The Bertz CT molecular complexity index is 190. The molecule has 0 aliphatic carbocycles. The summed E-state index contributed by atoms with van der Waals surface area (Å²) in [6.45, 7) is -0.817. The summed E-state index contributed by atoms with van der Waals surface area (Å²) in [6.07, 6.45) is -8.97. The molecule has 8 nitrogen and oxygen atoms in total. The van der Waals surface area contributed by atoms with Gasteiger partial charge in [-0.15, -0.1) is 0 Å².